The van der Waals surface area contributed by atoms with Crippen molar-refractivity contribution in [2.45, 2.75) is 6.42 Å². The number of hydrogen-bond donors (Lipinski definition) is 0. The van der Waals surface area contributed by atoms with E-state index in [0.29, 0.717) is 0 Å². The minimum Gasteiger partial charge on any atom is -0.358 e. The summed E-state index contributed by atoms with van der Waals surface area (Å²) in [5.41, 5.74) is 0. The van der Waals surface area contributed by atoms with Gasteiger partial charge in [-0.3, -0.25) is 6.08 Å². The fraction of sp³-hybridized carbons (Fsp3) is 0.0714. The van der Waals surface area contributed by atoms with Crippen LogP contribution in [0, 0.1) is 27.5 Å². The molecule has 0 N–H and O–H groups in total. The minimum atomic E-state index is -0.159. The molecule has 0 nitrogen and oxygen atoms in total. The van der Waals surface area contributed by atoms with Crippen LogP contribution in [0.25, 0.3) is 0 Å². The molecule has 0 aliphatic heterocycles. The Morgan fingerprint density at radius 3 is 2.00 bits per heavy atom. The molecule has 0 unspecified atom stereocenters. The van der Waals surface area contributed by atoms with Crippen molar-refractivity contribution in [2.24, 2.45) is 0 Å². The minimum absolute atomic E-state index is 0. The maximum Gasteiger partial charge on any atom is 4.00 e. The van der Waals surface area contributed by atoms with Crippen LogP contribution in [-0.2, 0) is 21.1 Å². The molecule has 2 heteroatoms. The molecule has 0 radical (unpaired) electrons. The molecule has 0 atom stereocenters. The van der Waals surface area contributed by atoms with Gasteiger partial charge in [0.15, 0.2) is 0 Å². The summed E-state index contributed by atoms with van der Waals surface area (Å²) < 4.78 is 0. The monoisotopic (exact) mass is 411 g/mol. The van der Waals surface area contributed by atoms with E-state index in [-0.39, 0.29) is 45.4 Å². The largest absolute Gasteiger partial charge is 4.00 e. The second-order valence-electron chi connectivity index (χ2n) is 2.74. The van der Waals surface area contributed by atoms with Crippen molar-refractivity contribution >= 4 is 14.7 Å². The fourth-order valence-corrected chi connectivity index (χ4v) is 1.59. The third-order valence-electron chi connectivity index (χ3n) is 1.72. The molecule has 90 valence electrons. The second-order valence-corrected chi connectivity index (χ2v) is 4.06. The predicted octanol–water partition coefficient (Wildman–Crippen LogP) is 2.48. The van der Waals surface area contributed by atoms with Crippen LogP contribution in [0.3, 0.4) is 0 Å². The number of allylic oxidation sites excluding steroid dienone is 4. The fourth-order valence-electron chi connectivity index (χ4n) is 0.985. The third kappa shape index (κ3) is 10.1. The molecule has 0 bridgehead atoms. The Balaban J connectivity index is -0.000000189. The van der Waals surface area contributed by atoms with Crippen LogP contribution in [-0.4, -0.2) is 9.52 Å². The third-order valence-corrected chi connectivity index (χ3v) is 2.77. The molecule has 0 amide bonds. The van der Waals surface area contributed by atoms with Crippen LogP contribution >= 0.6 is 0 Å². The molecule has 0 spiro atoms. The van der Waals surface area contributed by atoms with Crippen molar-refractivity contribution in [2.75, 3.05) is 0 Å². The zero-order valence-corrected chi connectivity index (χ0v) is 13.7. The SMILES string of the molecule is [C-]1=CC=CC1.[CH2-][SiH2]c1ccccc1.[CH3-].[CH3-].[Pt+4]. The zero-order valence-electron chi connectivity index (χ0n) is 10.1. The average molecular weight is 411 g/mol. The van der Waals surface area contributed by atoms with Crippen molar-refractivity contribution < 1.29 is 21.1 Å². The number of hydrogen-bond acceptors (Lipinski definition) is 0. The van der Waals surface area contributed by atoms with E-state index in [0.717, 1.165) is 6.42 Å². The summed E-state index contributed by atoms with van der Waals surface area (Å²) in [6.07, 6.45) is 10.0. The molecule has 0 saturated heterocycles. The summed E-state index contributed by atoms with van der Waals surface area (Å²) >= 11 is 0. The van der Waals surface area contributed by atoms with E-state index < -0.39 is 0 Å². The first kappa shape index (κ1) is 21.0. The molecule has 1 aliphatic carbocycles. The summed E-state index contributed by atoms with van der Waals surface area (Å²) in [6, 6.07) is 10.4. The van der Waals surface area contributed by atoms with Crippen LogP contribution in [0.1, 0.15) is 6.42 Å². The van der Waals surface area contributed by atoms with Crippen molar-refractivity contribution in [3.05, 3.63) is 76.0 Å². The van der Waals surface area contributed by atoms with E-state index in [9.17, 15) is 0 Å². The van der Waals surface area contributed by atoms with E-state index in [4.69, 9.17) is 0 Å². The maximum atomic E-state index is 3.89. The molecule has 16 heavy (non-hydrogen) atoms. The molecule has 1 aromatic rings. The van der Waals surface area contributed by atoms with E-state index in [1.54, 1.807) is 0 Å². The van der Waals surface area contributed by atoms with Gasteiger partial charge < -0.3 is 21.4 Å². The van der Waals surface area contributed by atoms with Gasteiger partial charge in [-0.25, -0.2) is 12.2 Å². The normalized spacial score (nSPS) is 10.8. The first-order chi connectivity index (χ1) is 6.43. The number of rotatable bonds is 1. The Morgan fingerprint density at radius 2 is 1.75 bits per heavy atom. The van der Waals surface area contributed by atoms with Gasteiger partial charge in [0, 0.05) is 0 Å². The van der Waals surface area contributed by atoms with E-state index in [2.05, 4.69) is 43.0 Å². The van der Waals surface area contributed by atoms with E-state index >= 15 is 0 Å². The summed E-state index contributed by atoms with van der Waals surface area (Å²) in [5.74, 6) is 0. The van der Waals surface area contributed by atoms with Gasteiger partial charge in [-0.05, 0) is 0 Å². The Hall–Kier alpha value is -0.395. The van der Waals surface area contributed by atoms with Crippen molar-refractivity contribution in [3.8, 4) is 0 Å². The van der Waals surface area contributed by atoms with Crippen molar-refractivity contribution in [3.63, 3.8) is 0 Å². The summed E-state index contributed by atoms with van der Waals surface area (Å²) in [6.45, 7) is 3.89. The Bertz CT molecular complexity index is 268. The molecule has 2 rings (SSSR count). The topological polar surface area (TPSA) is 0 Å². The van der Waals surface area contributed by atoms with Gasteiger partial charge in [0.25, 0.3) is 0 Å². The van der Waals surface area contributed by atoms with Crippen LogP contribution in [0.4, 0.5) is 0 Å². The van der Waals surface area contributed by atoms with Crippen molar-refractivity contribution in [1.82, 2.24) is 0 Å². The van der Waals surface area contributed by atoms with Gasteiger partial charge in [0.05, 0.1) is 0 Å². The summed E-state index contributed by atoms with van der Waals surface area (Å²) in [4.78, 5) is 0. The second kappa shape index (κ2) is 14.6. The molecule has 0 aromatic heterocycles. The molecular formula is C14H20PtSi. The molecule has 1 aliphatic rings. The van der Waals surface area contributed by atoms with Crippen LogP contribution in [0.2, 0.25) is 0 Å². The molecule has 0 fully saturated rings. The molecule has 0 saturated carbocycles. The van der Waals surface area contributed by atoms with Gasteiger partial charge in [0.1, 0.15) is 0 Å². The van der Waals surface area contributed by atoms with Crippen LogP contribution in [0.15, 0.2) is 48.6 Å². The van der Waals surface area contributed by atoms with Gasteiger partial charge >= 0.3 is 21.1 Å². The quantitative estimate of drug-likeness (QED) is 0.492. The van der Waals surface area contributed by atoms with Gasteiger partial charge in [-0.2, -0.15) is 6.08 Å². The first-order valence-electron chi connectivity index (χ1n) is 4.48. The van der Waals surface area contributed by atoms with Gasteiger partial charge in [0.2, 0.25) is 0 Å². The summed E-state index contributed by atoms with van der Waals surface area (Å²) in [7, 11) is -0.159. The molecule has 0 heterocycles. The van der Waals surface area contributed by atoms with Crippen molar-refractivity contribution in [1.29, 1.82) is 0 Å². The zero-order chi connectivity index (χ0) is 9.36. The molecular weight excluding hydrogens is 391 g/mol. The van der Waals surface area contributed by atoms with Crippen LogP contribution in [0.5, 0.6) is 0 Å². The maximum absolute atomic E-state index is 3.89. The molecule has 1 aromatic carbocycles. The van der Waals surface area contributed by atoms with E-state index in [1.807, 2.05) is 18.2 Å². The Labute approximate surface area is 118 Å². The van der Waals surface area contributed by atoms with E-state index in [1.165, 1.54) is 5.19 Å². The van der Waals surface area contributed by atoms with Gasteiger partial charge in [-0.15, -0.1) is 6.42 Å². The standard InChI is InChI=1S/C7H9Si.C5H5.2CH3.Pt/c1-8-7-5-3-2-4-6-7;1-2-4-5-3-1;;;/h2-6H,1,8H2;1-3H,4H2;2*1H3;/q4*-1;+4. The Morgan fingerprint density at radius 1 is 1.12 bits per heavy atom. The predicted molar refractivity (Wildman–Crippen MR) is 74.4 cm³/mol. The van der Waals surface area contributed by atoms with Gasteiger partial charge in [-0.1, -0.05) is 45.0 Å². The average Bonchev–Trinajstić information content (AvgIpc) is 2.77. The number of benzene rings is 1. The Kier molecular flexibility index (Phi) is 19.1. The smallest absolute Gasteiger partial charge is 0.358 e. The first-order valence-corrected chi connectivity index (χ1v) is 6.19. The van der Waals surface area contributed by atoms with Crippen LogP contribution < -0.4 is 5.19 Å². The summed E-state index contributed by atoms with van der Waals surface area (Å²) in [5, 5.41) is 1.44.